The number of nitrogens with zero attached hydrogens (tertiary/aromatic N) is 4. The molecule has 2 fully saturated rings. The van der Waals surface area contributed by atoms with Gasteiger partial charge in [0.15, 0.2) is 17.3 Å². The molecule has 202 valence electrons. The summed E-state index contributed by atoms with van der Waals surface area (Å²) in [4.78, 5) is 47.4. The van der Waals surface area contributed by atoms with Gasteiger partial charge in [-0.15, -0.1) is 0 Å². The molecule has 38 heavy (non-hydrogen) atoms. The van der Waals surface area contributed by atoms with E-state index in [4.69, 9.17) is 0 Å². The molecule has 12 heteroatoms. The number of carboxylic acids is 1. The third-order valence-electron chi connectivity index (χ3n) is 7.54. The molecule has 0 spiro atoms. The van der Waals surface area contributed by atoms with Gasteiger partial charge in [-0.2, -0.15) is 0 Å². The van der Waals surface area contributed by atoms with Gasteiger partial charge < -0.3 is 15.3 Å². The van der Waals surface area contributed by atoms with Crippen molar-refractivity contribution < 1.29 is 23.5 Å². The molecule has 2 atom stereocenters. The highest BCUT2D eigenvalue weighted by atomic mass is 19.2. The van der Waals surface area contributed by atoms with E-state index in [0.717, 1.165) is 11.6 Å². The molecule has 0 aliphatic carbocycles. The predicted octanol–water partition coefficient (Wildman–Crippen LogP) is 2.68. The highest BCUT2D eigenvalue weighted by Crippen LogP contribution is 2.30. The number of nitrogens with one attached hydrogen (secondary N) is 2. The molecular weight excluding hydrogens is 498 g/mol. The van der Waals surface area contributed by atoms with Gasteiger partial charge in [-0.3, -0.25) is 19.2 Å². The fourth-order valence-electron chi connectivity index (χ4n) is 5.72. The van der Waals surface area contributed by atoms with Crippen molar-refractivity contribution in [2.45, 2.75) is 43.7 Å². The average Bonchev–Trinajstić information content (AvgIpc) is 3.10. The molecule has 1 aromatic carbocycles. The van der Waals surface area contributed by atoms with E-state index in [9.17, 15) is 28.3 Å². The van der Waals surface area contributed by atoms with Crippen LogP contribution >= 0.6 is 0 Å². The number of pyridine rings is 1. The van der Waals surface area contributed by atoms with Gasteiger partial charge in [0.1, 0.15) is 0 Å². The number of H-pyrrole nitrogens is 1. The Labute approximate surface area is 217 Å². The number of aliphatic carboxylic acids is 1. The molecule has 5 rings (SSSR count). The van der Waals surface area contributed by atoms with Crippen molar-refractivity contribution in [3.05, 3.63) is 64.2 Å². The van der Waals surface area contributed by atoms with Crippen molar-refractivity contribution in [3.8, 4) is 0 Å². The van der Waals surface area contributed by atoms with E-state index in [0.29, 0.717) is 51.0 Å². The zero-order valence-corrected chi connectivity index (χ0v) is 20.8. The van der Waals surface area contributed by atoms with E-state index >= 15 is 0 Å². The molecule has 10 nitrogen and oxygen atoms in total. The Bertz CT molecular complexity index is 1380. The van der Waals surface area contributed by atoms with E-state index in [-0.39, 0.29) is 42.5 Å². The number of imidazole rings is 1. The minimum atomic E-state index is -1.03. The Kier molecular flexibility index (Phi) is 7.41. The van der Waals surface area contributed by atoms with Crippen LogP contribution in [0.5, 0.6) is 0 Å². The van der Waals surface area contributed by atoms with Gasteiger partial charge in [0, 0.05) is 44.5 Å². The number of benzene rings is 1. The standard InChI is InChI=1S/C26H30F2N6O4/c27-20-4-1-3-19(23(20)28)16-6-7-17(14-32(13-16)15-22(35)36)30-25(37)33-11-8-18(9-12-33)34-21-5-2-10-29-24(21)31-26(34)38/h1-5,10,16-18H,6-9,11-15H2,(H,30,37)(H,35,36)(H,29,31,38)/t16-,17-/m1/s1. The lowest BCUT2D eigenvalue weighted by Crippen LogP contribution is -2.51. The zero-order chi connectivity index (χ0) is 26.8. The number of carbonyl (C=O) groups excluding carboxylic acids is 1. The number of aromatic nitrogens is 3. The third kappa shape index (κ3) is 5.40. The maximum Gasteiger partial charge on any atom is 0.327 e. The lowest BCUT2D eigenvalue weighted by Gasteiger charge is -2.34. The zero-order valence-electron chi connectivity index (χ0n) is 20.8. The molecule has 2 aliphatic heterocycles. The Morgan fingerprint density at radius 1 is 1.08 bits per heavy atom. The summed E-state index contributed by atoms with van der Waals surface area (Å²) in [7, 11) is 0. The summed E-state index contributed by atoms with van der Waals surface area (Å²) in [5, 5.41) is 12.4. The summed E-state index contributed by atoms with van der Waals surface area (Å²) >= 11 is 0. The average molecular weight is 529 g/mol. The summed E-state index contributed by atoms with van der Waals surface area (Å²) < 4.78 is 30.0. The van der Waals surface area contributed by atoms with Gasteiger partial charge in [-0.25, -0.2) is 23.4 Å². The lowest BCUT2D eigenvalue weighted by atomic mass is 9.93. The van der Waals surface area contributed by atoms with Crippen molar-refractivity contribution in [2.75, 3.05) is 32.7 Å². The summed E-state index contributed by atoms with van der Waals surface area (Å²) in [5.41, 5.74) is 1.27. The van der Waals surface area contributed by atoms with Crippen LogP contribution in [0.4, 0.5) is 13.6 Å². The summed E-state index contributed by atoms with van der Waals surface area (Å²) in [6.45, 7) is 1.19. The smallest absolute Gasteiger partial charge is 0.327 e. The number of carbonyl (C=O) groups is 2. The molecular formula is C26H30F2N6O4. The van der Waals surface area contributed by atoms with Crippen LogP contribution < -0.4 is 11.0 Å². The van der Waals surface area contributed by atoms with Crippen molar-refractivity contribution in [3.63, 3.8) is 0 Å². The van der Waals surface area contributed by atoms with Crippen molar-refractivity contribution >= 4 is 23.2 Å². The largest absolute Gasteiger partial charge is 0.480 e. The normalized spacial score (nSPS) is 21.4. The molecule has 2 amide bonds. The summed E-state index contributed by atoms with van der Waals surface area (Å²) in [5.74, 6) is -3.27. The number of likely N-dealkylation sites (tertiary alicyclic amines) is 2. The molecule has 2 saturated heterocycles. The van der Waals surface area contributed by atoms with E-state index in [1.165, 1.54) is 12.1 Å². The van der Waals surface area contributed by atoms with E-state index in [2.05, 4.69) is 15.3 Å². The van der Waals surface area contributed by atoms with Gasteiger partial charge in [0.05, 0.1) is 12.1 Å². The molecule has 0 saturated carbocycles. The molecule has 4 heterocycles. The maximum atomic E-state index is 14.5. The molecule has 2 aromatic heterocycles. The second-order valence-corrected chi connectivity index (χ2v) is 10.0. The van der Waals surface area contributed by atoms with Crippen LogP contribution in [0.15, 0.2) is 41.3 Å². The molecule has 0 bridgehead atoms. The van der Waals surface area contributed by atoms with Gasteiger partial charge in [-0.05, 0) is 55.4 Å². The Morgan fingerprint density at radius 3 is 2.63 bits per heavy atom. The van der Waals surface area contributed by atoms with Gasteiger partial charge in [0.25, 0.3) is 0 Å². The number of hydrogen-bond donors (Lipinski definition) is 3. The quantitative estimate of drug-likeness (QED) is 0.468. The first-order valence-electron chi connectivity index (χ1n) is 12.8. The Hall–Kier alpha value is -3.80. The number of amides is 2. The number of fused-ring (bicyclic) bond motifs is 1. The fraction of sp³-hybridized carbons (Fsp3) is 0.462. The van der Waals surface area contributed by atoms with Crippen molar-refractivity contribution in [1.82, 2.24) is 29.7 Å². The molecule has 0 unspecified atom stereocenters. The van der Waals surface area contributed by atoms with Gasteiger partial charge in [-0.1, -0.05) is 12.1 Å². The second-order valence-electron chi connectivity index (χ2n) is 10.0. The van der Waals surface area contributed by atoms with Crippen molar-refractivity contribution in [2.24, 2.45) is 0 Å². The highest BCUT2D eigenvalue weighted by molar-refractivity contribution is 5.75. The lowest BCUT2D eigenvalue weighted by molar-refractivity contribution is -0.138. The Balaban J connectivity index is 1.23. The van der Waals surface area contributed by atoms with Gasteiger partial charge in [0.2, 0.25) is 0 Å². The summed E-state index contributed by atoms with van der Waals surface area (Å²) in [6.07, 6.45) is 3.80. The topological polar surface area (TPSA) is 124 Å². The molecule has 0 radical (unpaired) electrons. The first-order chi connectivity index (χ1) is 18.3. The number of carboxylic acid groups (broad SMARTS) is 1. The third-order valence-corrected chi connectivity index (χ3v) is 7.54. The SMILES string of the molecule is O=C(O)CN1C[C@H](NC(=O)N2CCC(n3c(=O)[nH]c4ncccc43)CC2)CC[C@@H](c2cccc(F)c2F)C1. The van der Waals surface area contributed by atoms with Crippen LogP contribution in [-0.4, -0.2) is 80.2 Å². The first-order valence-corrected chi connectivity index (χ1v) is 12.8. The van der Waals surface area contributed by atoms with Crippen molar-refractivity contribution in [1.29, 1.82) is 0 Å². The van der Waals surface area contributed by atoms with Crippen LogP contribution in [0.2, 0.25) is 0 Å². The molecule has 3 aromatic rings. The first kappa shape index (κ1) is 25.8. The minimum Gasteiger partial charge on any atom is -0.480 e. The minimum absolute atomic E-state index is 0.0599. The number of piperidine rings is 1. The maximum absolute atomic E-state index is 14.5. The molecule has 3 N–H and O–H groups in total. The monoisotopic (exact) mass is 528 g/mol. The number of hydrogen-bond acceptors (Lipinski definition) is 5. The van der Waals surface area contributed by atoms with Crippen LogP contribution in [0.1, 0.15) is 43.2 Å². The fourth-order valence-corrected chi connectivity index (χ4v) is 5.72. The second kappa shape index (κ2) is 10.9. The van der Waals surface area contributed by atoms with E-state index in [1.54, 1.807) is 26.6 Å². The van der Waals surface area contributed by atoms with E-state index in [1.807, 2.05) is 6.07 Å². The number of halogens is 2. The molecule has 2 aliphatic rings. The highest BCUT2D eigenvalue weighted by Gasteiger charge is 2.31. The van der Waals surface area contributed by atoms with Crippen LogP contribution in [0.25, 0.3) is 11.2 Å². The number of aromatic amines is 1. The van der Waals surface area contributed by atoms with Gasteiger partial charge >= 0.3 is 17.7 Å². The predicted molar refractivity (Wildman–Crippen MR) is 135 cm³/mol. The Morgan fingerprint density at radius 2 is 1.87 bits per heavy atom. The number of urea groups is 1. The van der Waals surface area contributed by atoms with E-state index < -0.39 is 23.5 Å². The van der Waals surface area contributed by atoms with Crippen LogP contribution in [0.3, 0.4) is 0 Å². The van der Waals surface area contributed by atoms with Crippen LogP contribution in [-0.2, 0) is 4.79 Å². The summed E-state index contributed by atoms with van der Waals surface area (Å²) in [6, 6.07) is 7.00. The van der Waals surface area contributed by atoms with Crippen LogP contribution in [0, 0.1) is 11.6 Å². The number of rotatable bonds is 5.